The molecule has 2 unspecified atom stereocenters. The number of imide groups is 1. The summed E-state index contributed by atoms with van der Waals surface area (Å²) in [6.07, 6.45) is 13.8. The van der Waals surface area contributed by atoms with Crippen molar-refractivity contribution in [3.8, 4) is 0 Å². The van der Waals surface area contributed by atoms with Gasteiger partial charge in [-0.2, -0.15) is 5.10 Å². The van der Waals surface area contributed by atoms with Crippen LogP contribution in [-0.2, 0) is 16.0 Å². The molecular weight excluding hydrogens is 678 g/mol. The Labute approximate surface area is 310 Å². The number of hydrogen-bond donors (Lipinski definition) is 4. The Bertz CT molecular complexity index is 1820. The third-order valence-corrected chi connectivity index (χ3v) is 10.4. The fraction of sp³-hybridized carbons (Fsp3) is 0.500. The van der Waals surface area contributed by atoms with E-state index in [0.29, 0.717) is 54.9 Å². The molecule has 2 saturated heterocycles. The maximum Gasteiger partial charge on any atom is 0.249 e. The SMILES string of the molecule is CN(CCCCCCCCNC(O)c1cnn2ccc(N3CCC[C@@H]3c3cc(F)ccc3F)nc12)CCCc1ccc(NC2CCC(=O)NC2=O)cc1. The van der Waals surface area contributed by atoms with Gasteiger partial charge < -0.3 is 20.2 Å². The molecule has 11 nitrogen and oxygen atoms in total. The van der Waals surface area contributed by atoms with E-state index in [9.17, 15) is 23.5 Å². The summed E-state index contributed by atoms with van der Waals surface area (Å²) >= 11 is 0. The molecule has 0 radical (unpaired) electrons. The molecule has 0 aliphatic carbocycles. The van der Waals surface area contributed by atoms with Gasteiger partial charge in [0.2, 0.25) is 11.8 Å². The first-order valence-corrected chi connectivity index (χ1v) is 19.1. The topological polar surface area (TPSA) is 127 Å². The summed E-state index contributed by atoms with van der Waals surface area (Å²) in [6, 6.07) is 12.9. The second-order valence-corrected chi connectivity index (χ2v) is 14.4. The average Bonchev–Trinajstić information content (AvgIpc) is 3.81. The molecule has 4 aromatic rings. The maximum atomic E-state index is 14.6. The summed E-state index contributed by atoms with van der Waals surface area (Å²) in [5.41, 5.74) is 3.62. The molecule has 4 heterocycles. The average molecular weight is 731 g/mol. The van der Waals surface area contributed by atoms with Crippen molar-refractivity contribution in [2.75, 3.05) is 43.4 Å². The van der Waals surface area contributed by atoms with E-state index >= 15 is 0 Å². The van der Waals surface area contributed by atoms with Crippen LogP contribution in [0.5, 0.6) is 0 Å². The molecule has 13 heteroatoms. The summed E-state index contributed by atoms with van der Waals surface area (Å²) in [5.74, 6) is -0.697. The minimum absolute atomic E-state index is 0.206. The lowest BCUT2D eigenvalue weighted by Gasteiger charge is -2.26. The number of unbranched alkanes of at least 4 members (excludes halogenated alkanes) is 5. The number of carbonyl (C=O) groups is 2. The van der Waals surface area contributed by atoms with Gasteiger partial charge in [-0.1, -0.05) is 37.8 Å². The number of amides is 2. The second kappa shape index (κ2) is 18.5. The van der Waals surface area contributed by atoms with Crippen molar-refractivity contribution in [1.29, 1.82) is 0 Å². The molecule has 2 aliphatic heterocycles. The number of benzene rings is 2. The number of nitrogens with zero attached hydrogens (tertiary/aromatic N) is 5. The number of halogens is 2. The van der Waals surface area contributed by atoms with Crippen LogP contribution in [0.3, 0.4) is 0 Å². The van der Waals surface area contributed by atoms with Crippen molar-refractivity contribution < 1.29 is 23.5 Å². The number of anilines is 2. The first-order chi connectivity index (χ1) is 25.7. The van der Waals surface area contributed by atoms with Crippen molar-refractivity contribution >= 4 is 29.0 Å². The predicted molar refractivity (Wildman–Crippen MR) is 201 cm³/mol. The molecule has 2 fully saturated rings. The number of hydrogen-bond acceptors (Lipinski definition) is 9. The minimum atomic E-state index is -0.915. The van der Waals surface area contributed by atoms with E-state index < -0.39 is 17.9 Å². The molecular formula is C40H52F2N8O3. The van der Waals surface area contributed by atoms with E-state index in [4.69, 9.17) is 4.98 Å². The van der Waals surface area contributed by atoms with Crippen LogP contribution < -0.4 is 20.9 Å². The maximum absolute atomic E-state index is 14.6. The highest BCUT2D eigenvalue weighted by atomic mass is 19.1. The van der Waals surface area contributed by atoms with Gasteiger partial charge in [0.15, 0.2) is 5.65 Å². The van der Waals surface area contributed by atoms with E-state index in [-0.39, 0.29) is 23.9 Å². The van der Waals surface area contributed by atoms with Crippen LogP contribution in [0.2, 0.25) is 0 Å². The minimum Gasteiger partial charge on any atom is -0.374 e. The van der Waals surface area contributed by atoms with Gasteiger partial charge in [-0.15, -0.1) is 0 Å². The molecule has 284 valence electrons. The quantitative estimate of drug-likeness (QED) is 0.0518. The van der Waals surface area contributed by atoms with Crippen molar-refractivity contribution in [1.82, 2.24) is 30.1 Å². The zero-order valence-corrected chi connectivity index (χ0v) is 30.6. The van der Waals surface area contributed by atoms with Crippen LogP contribution in [0, 0.1) is 11.6 Å². The number of aliphatic hydroxyl groups excluding tert-OH is 1. The lowest BCUT2D eigenvalue weighted by atomic mass is 10.0. The normalized spacial score (nSPS) is 18.2. The second-order valence-electron chi connectivity index (χ2n) is 14.4. The smallest absolute Gasteiger partial charge is 0.249 e. The van der Waals surface area contributed by atoms with Crippen LogP contribution in [0.25, 0.3) is 5.65 Å². The first kappa shape index (κ1) is 38.3. The molecule has 4 N–H and O–H groups in total. The van der Waals surface area contributed by atoms with Gasteiger partial charge >= 0.3 is 0 Å². The monoisotopic (exact) mass is 730 g/mol. The van der Waals surface area contributed by atoms with Crippen molar-refractivity contribution in [2.45, 2.75) is 95.4 Å². The Morgan fingerprint density at radius 1 is 0.981 bits per heavy atom. The first-order valence-electron chi connectivity index (χ1n) is 19.1. The number of aryl methyl sites for hydroxylation is 1. The molecule has 0 bridgehead atoms. The third-order valence-electron chi connectivity index (χ3n) is 10.4. The molecule has 2 aliphatic rings. The van der Waals surface area contributed by atoms with Crippen LogP contribution in [0.1, 0.15) is 99.6 Å². The van der Waals surface area contributed by atoms with E-state index in [1.165, 1.54) is 37.0 Å². The van der Waals surface area contributed by atoms with Crippen molar-refractivity contribution in [2.24, 2.45) is 0 Å². The molecule has 2 aromatic heterocycles. The molecule has 3 atom stereocenters. The van der Waals surface area contributed by atoms with Crippen LogP contribution >= 0.6 is 0 Å². The molecule has 0 saturated carbocycles. The predicted octanol–water partition coefficient (Wildman–Crippen LogP) is 6.05. The van der Waals surface area contributed by atoms with Gasteiger partial charge in [-0.3, -0.25) is 20.2 Å². The zero-order chi connectivity index (χ0) is 37.2. The molecule has 0 spiro atoms. The van der Waals surface area contributed by atoms with Crippen LogP contribution in [0.4, 0.5) is 20.3 Å². The van der Waals surface area contributed by atoms with Crippen molar-refractivity contribution in [3.05, 3.63) is 89.2 Å². The molecule has 2 amide bonds. The lowest BCUT2D eigenvalue weighted by Crippen LogP contribution is -2.47. The van der Waals surface area contributed by atoms with Gasteiger partial charge in [-0.05, 0) is 114 Å². The summed E-state index contributed by atoms with van der Waals surface area (Å²) < 4.78 is 30.2. The third kappa shape index (κ3) is 10.4. The summed E-state index contributed by atoms with van der Waals surface area (Å²) in [6.45, 7) is 3.48. The van der Waals surface area contributed by atoms with Crippen molar-refractivity contribution in [3.63, 3.8) is 0 Å². The van der Waals surface area contributed by atoms with Gasteiger partial charge in [0.1, 0.15) is 29.7 Å². The fourth-order valence-electron chi connectivity index (χ4n) is 7.39. The highest BCUT2D eigenvalue weighted by Crippen LogP contribution is 2.37. The Hall–Kier alpha value is -4.46. The number of fused-ring (bicyclic) bond motifs is 1. The summed E-state index contributed by atoms with van der Waals surface area (Å²) in [5, 5.41) is 24.1. The highest BCUT2D eigenvalue weighted by molar-refractivity contribution is 6.01. The van der Waals surface area contributed by atoms with E-state index in [1.54, 1.807) is 16.9 Å². The lowest BCUT2D eigenvalue weighted by molar-refractivity contribution is -0.133. The van der Waals surface area contributed by atoms with Gasteiger partial charge in [0.25, 0.3) is 0 Å². The van der Waals surface area contributed by atoms with Gasteiger partial charge in [0, 0.05) is 30.4 Å². The highest BCUT2D eigenvalue weighted by Gasteiger charge is 2.30. The molecule has 6 rings (SSSR count). The van der Waals surface area contributed by atoms with Crippen LogP contribution in [0.15, 0.2) is 60.9 Å². The Morgan fingerprint density at radius 3 is 2.57 bits per heavy atom. The van der Waals surface area contributed by atoms with E-state index in [2.05, 4.69) is 45.1 Å². The number of nitrogens with one attached hydrogen (secondary N) is 3. The Morgan fingerprint density at radius 2 is 1.75 bits per heavy atom. The largest absolute Gasteiger partial charge is 0.374 e. The van der Waals surface area contributed by atoms with E-state index in [0.717, 1.165) is 63.4 Å². The number of carbonyl (C=O) groups excluding carboxylic acids is 2. The van der Waals surface area contributed by atoms with Crippen LogP contribution in [-0.4, -0.2) is 75.7 Å². The standard InChI is InChI=1S/C40H52F2N8O3/c1-48(23-8-10-28-12-15-30(16-13-28)45-34-18-19-37(51)47-40(34)53)22-7-5-3-2-4-6-21-43-39(52)32-27-44-50-25-20-36(46-38(32)50)49-24-9-11-35(49)31-26-29(41)14-17-33(31)42/h12-17,20,25-27,34-35,39,43,45,52H,2-11,18-19,21-24H2,1H3,(H,47,51,53)/t34?,35-,39?/m1/s1. The molecule has 2 aromatic carbocycles. The molecule has 53 heavy (non-hydrogen) atoms. The van der Waals surface area contributed by atoms with Gasteiger partial charge in [-0.25, -0.2) is 18.3 Å². The van der Waals surface area contributed by atoms with E-state index in [1.807, 2.05) is 23.1 Å². The summed E-state index contributed by atoms with van der Waals surface area (Å²) in [4.78, 5) is 32.5. The Kier molecular flexibility index (Phi) is 13.4. The van der Waals surface area contributed by atoms with Gasteiger partial charge in [0.05, 0.1) is 17.8 Å². The fourth-order valence-corrected chi connectivity index (χ4v) is 7.39. The number of rotatable bonds is 19. The summed E-state index contributed by atoms with van der Waals surface area (Å²) in [7, 11) is 2.18. The Balaban J connectivity index is 0.831. The number of piperidine rings is 1. The number of aromatic nitrogens is 3. The number of aliphatic hydroxyl groups is 1. The zero-order valence-electron chi connectivity index (χ0n) is 30.6.